The number of carbonyl (C=O) groups is 5. The fourth-order valence-electron chi connectivity index (χ4n) is 10.9. The van der Waals surface area contributed by atoms with Gasteiger partial charge in [-0.1, -0.05) is 31.2 Å². The highest BCUT2D eigenvalue weighted by molar-refractivity contribution is 7.89. The van der Waals surface area contributed by atoms with Gasteiger partial charge in [0.05, 0.1) is 38.9 Å². The number of nitrogen functional groups attached to an aromatic ring is 1. The van der Waals surface area contributed by atoms with Gasteiger partial charge >= 0.3 is 0 Å². The number of halogens is 1. The molecule has 360 valence electrons. The van der Waals surface area contributed by atoms with Crippen molar-refractivity contribution in [3.8, 4) is 21.8 Å². The largest absolute Gasteiger partial charge is 0.368 e. The predicted molar refractivity (Wildman–Crippen MR) is 253 cm³/mol. The number of anilines is 1. The molecular weight excluding hydrogens is 912 g/mol. The monoisotopic (exact) mass is 968 g/mol. The molecule has 17 nitrogen and oxygen atoms in total. The Morgan fingerprint density at radius 2 is 1.62 bits per heavy atom. The lowest BCUT2D eigenvalue weighted by Gasteiger charge is -2.46. The molecule has 5 N–H and O–H groups in total. The first kappa shape index (κ1) is 47.5. The summed E-state index contributed by atoms with van der Waals surface area (Å²) < 4.78 is 41.2. The summed E-state index contributed by atoms with van der Waals surface area (Å²) in [6, 6.07) is 10.7. The number of fused-ring (bicyclic) bond motifs is 1. The molecule has 5 amide bonds. The number of amides is 5. The number of nitrogens with zero attached hydrogens (tertiary/aromatic N) is 7. The molecule has 2 aromatic carbocycles. The molecule has 1 spiro atoms. The van der Waals surface area contributed by atoms with Crippen LogP contribution in [-0.4, -0.2) is 131 Å². The number of aromatic nitrogens is 3. The molecule has 1 aliphatic carbocycles. The summed E-state index contributed by atoms with van der Waals surface area (Å²) in [4.78, 5) is 86.3. The van der Waals surface area contributed by atoms with Crippen molar-refractivity contribution in [3.63, 3.8) is 0 Å². The first-order chi connectivity index (χ1) is 32.6. The van der Waals surface area contributed by atoms with Gasteiger partial charge in [0.25, 0.3) is 11.8 Å². The van der Waals surface area contributed by atoms with Gasteiger partial charge in [-0.05, 0) is 99.9 Å². The number of piperazine rings is 1. The Morgan fingerprint density at radius 1 is 0.912 bits per heavy atom. The number of hydrogen-bond acceptors (Lipinski definition) is 14. The lowest BCUT2D eigenvalue weighted by molar-refractivity contribution is -0.137. The lowest BCUT2D eigenvalue weighted by Crippen LogP contribution is -2.54. The summed E-state index contributed by atoms with van der Waals surface area (Å²) in [5.74, 6) is -2.31. The molecule has 0 bridgehead atoms. The van der Waals surface area contributed by atoms with Crippen LogP contribution in [0.5, 0.6) is 0 Å². The standard InChI is InChI=1S/C48H57FN10O7S2/c1-2-36(68(51,65)66)31-8-4-10-33(40(31)49)41-42(34-15-20-52-47(50)53-34)67-44(55-41)30-13-16-48(17-14-30)18-22-58(23-19-48)38(61)28-57-26-24-56(25-27-57)21-5-7-29-6-3-9-32-39(29)46(64)59(45(32)63)35-11-12-37(60)54-43(35)62/h3-4,6,8-10,15,20,30,35-36H,2,5,7,11-14,16-19,21-28H2,1H3,(H2,50,52,53)(H2,51,65,66)(H,54,60,62). The number of rotatable bonds is 13. The lowest BCUT2D eigenvalue weighted by atomic mass is 9.65. The highest BCUT2D eigenvalue weighted by Gasteiger charge is 2.46. The van der Waals surface area contributed by atoms with Gasteiger partial charge in [0, 0.05) is 68.9 Å². The maximum atomic E-state index is 16.4. The Labute approximate surface area is 398 Å². The van der Waals surface area contributed by atoms with E-state index in [0.29, 0.717) is 40.4 Å². The van der Waals surface area contributed by atoms with Crippen LogP contribution in [0, 0.1) is 11.2 Å². The molecular formula is C48H57FN10O7S2. The summed E-state index contributed by atoms with van der Waals surface area (Å²) in [6.07, 6.45) is 8.88. The molecule has 1 saturated carbocycles. The van der Waals surface area contributed by atoms with Gasteiger partial charge in [-0.2, -0.15) is 0 Å². The smallest absolute Gasteiger partial charge is 0.262 e. The SMILES string of the molecule is CCC(c1cccc(-c2nc(C3CCC4(CC3)CCN(C(=O)CN3CCN(CCCc5cccc6c5C(=O)N(C5CCC(=O)NC5=O)C6=O)CC3)CC4)sc2-c2ccnc(N)n2)c1F)S(N)(=O)=O. The molecule has 2 unspecified atom stereocenters. The van der Waals surface area contributed by atoms with Crippen LogP contribution in [0.1, 0.15) is 119 Å². The van der Waals surface area contributed by atoms with Crippen molar-refractivity contribution >= 4 is 56.8 Å². The fourth-order valence-corrected chi connectivity index (χ4v) is 13.2. The fraction of sp³-hybridized carbons (Fsp3) is 0.500. The minimum Gasteiger partial charge on any atom is -0.368 e. The summed E-state index contributed by atoms with van der Waals surface area (Å²) >= 11 is 1.46. The molecule has 4 fully saturated rings. The minimum absolute atomic E-state index is 0.00336. The van der Waals surface area contributed by atoms with E-state index >= 15 is 4.39 Å². The van der Waals surface area contributed by atoms with Gasteiger partial charge in [0.2, 0.25) is 33.7 Å². The third-order valence-electron chi connectivity index (χ3n) is 14.8. The van der Waals surface area contributed by atoms with Crippen molar-refractivity contribution in [2.75, 3.05) is 58.1 Å². The number of nitrogens with one attached hydrogen (secondary N) is 1. The predicted octanol–water partition coefficient (Wildman–Crippen LogP) is 4.65. The van der Waals surface area contributed by atoms with E-state index in [2.05, 4.69) is 25.1 Å². The number of primary sulfonamides is 1. The van der Waals surface area contributed by atoms with Crippen molar-refractivity contribution in [2.45, 2.75) is 94.8 Å². The van der Waals surface area contributed by atoms with E-state index in [9.17, 15) is 32.4 Å². The van der Waals surface area contributed by atoms with Crippen LogP contribution in [0.4, 0.5) is 10.3 Å². The second-order valence-corrected chi connectivity index (χ2v) is 21.7. The molecule has 9 rings (SSSR count). The van der Waals surface area contributed by atoms with Crippen molar-refractivity contribution in [3.05, 3.63) is 81.7 Å². The maximum Gasteiger partial charge on any atom is 0.262 e. The average Bonchev–Trinajstić information content (AvgIpc) is 3.86. The molecule has 6 heterocycles. The quantitative estimate of drug-likeness (QED) is 0.155. The third-order valence-corrected chi connectivity index (χ3v) is 17.4. The van der Waals surface area contributed by atoms with Gasteiger partial charge in [-0.3, -0.25) is 39.1 Å². The first-order valence-corrected chi connectivity index (χ1v) is 26.0. The van der Waals surface area contributed by atoms with Crippen molar-refractivity contribution in [1.29, 1.82) is 0 Å². The van der Waals surface area contributed by atoms with E-state index in [1.54, 1.807) is 43.5 Å². The zero-order valence-electron chi connectivity index (χ0n) is 38.1. The topological polar surface area (TPSA) is 235 Å². The van der Waals surface area contributed by atoms with Gasteiger partial charge in [-0.25, -0.2) is 32.9 Å². The van der Waals surface area contributed by atoms with Crippen LogP contribution in [0.15, 0.2) is 48.7 Å². The molecule has 3 saturated heterocycles. The highest BCUT2D eigenvalue weighted by Crippen LogP contribution is 2.51. The van der Waals surface area contributed by atoms with Crippen LogP contribution >= 0.6 is 11.3 Å². The summed E-state index contributed by atoms with van der Waals surface area (Å²) in [5, 5.41) is 7.43. The van der Waals surface area contributed by atoms with Gasteiger partial charge in [-0.15, -0.1) is 11.3 Å². The molecule has 68 heavy (non-hydrogen) atoms. The Hall–Kier alpha value is -5.54. The molecule has 2 aromatic heterocycles. The number of imide groups is 2. The van der Waals surface area contributed by atoms with E-state index < -0.39 is 50.8 Å². The number of piperidine rings is 2. The van der Waals surface area contributed by atoms with Gasteiger partial charge < -0.3 is 15.5 Å². The van der Waals surface area contributed by atoms with Crippen molar-refractivity contribution in [2.24, 2.45) is 10.6 Å². The number of hydrogen-bond donors (Lipinski definition) is 3. The molecule has 5 aliphatic rings. The third kappa shape index (κ3) is 9.57. The van der Waals surface area contributed by atoms with Crippen LogP contribution in [0.3, 0.4) is 0 Å². The Bertz CT molecular complexity index is 2740. The van der Waals surface area contributed by atoms with E-state index in [1.165, 1.54) is 17.4 Å². The van der Waals surface area contributed by atoms with Crippen LogP contribution in [0.2, 0.25) is 0 Å². The summed E-state index contributed by atoms with van der Waals surface area (Å²) in [7, 11) is -4.06. The van der Waals surface area contributed by atoms with E-state index in [4.69, 9.17) is 15.9 Å². The molecule has 0 radical (unpaired) electrons. The van der Waals surface area contributed by atoms with E-state index in [1.807, 2.05) is 11.0 Å². The Morgan fingerprint density at radius 3 is 2.31 bits per heavy atom. The average molecular weight is 969 g/mol. The Balaban J connectivity index is 0.752. The maximum absolute atomic E-state index is 16.4. The second-order valence-electron chi connectivity index (χ2n) is 18.9. The van der Waals surface area contributed by atoms with E-state index in [0.717, 1.165) is 106 Å². The number of benzene rings is 2. The number of carbonyl (C=O) groups excluding carboxylic acids is 5. The first-order valence-electron chi connectivity index (χ1n) is 23.6. The highest BCUT2D eigenvalue weighted by atomic mass is 32.2. The number of thiazole rings is 1. The van der Waals surface area contributed by atoms with Crippen LogP contribution in [-0.2, 0) is 30.8 Å². The molecule has 4 aromatic rings. The van der Waals surface area contributed by atoms with Crippen LogP contribution < -0.4 is 16.2 Å². The number of likely N-dealkylation sites (tertiary alicyclic amines) is 1. The summed E-state index contributed by atoms with van der Waals surface area (Å²) in [6.45, 7) is 7.48. The number of nitrogens with two attached hydrogens (primary N) is 2. The van der Waals surface area contributed by atoms with Gasteiger partial charge in [0.15, 0.2) is 0 Å². The van der Waals surface area contributed by atoms with Crippen molar-refractivity contribution < 1.29 is 36.8 Å². The van der Waals surface area contributed by atoms with E-state index in [-0.39, 0.29) is 53.6 Å². The molecule has 4 aliphatic heterocycles. The van der Waals surface area contributed by atoms with Gasteiger partial charge in [0.1, 0.15) is 17.1 Å². The zero-order chi connectivity index (χ0) is 47.9. The Kier molecular flexibility index (Phi) is 13.6. The minimum atomic E-state index is -4.06. The zero-order valence-corrected chi connectivity index (χ0v) is 39.8. The van der Waals surface area contributed by atoms with Crippen LogP contribution in [0.25, 0.3) is 21.8 Å². The summed E-state index contributed by atoms with van der Waals surface area (Å²) in [5.41, 5.74) is 8.61. The second kappa shape index (κ2) is 19.5. The normalized spacial score (nSPS) is 21.1. The number of aryl methyl sites for hydroxylation is 1. The molecule has 2 atom stereocenters. The van der Waals surface area contributed by atoms with Crippen molar-refractivity contribution in [1.82, 2.24) is 39.9 Å². The number of sulfonamides is 1. The molecule has 20 heteroatoms.